The Morgan fingerprint density at radius 2 is 1.79 bits per heavy atom. The van der Waals surface area contributed by atoms with Gasteiger partial charge in [0.05, 0.1) is 0 Å². The predicted octanol–water partition coefficient (Wildman–Crippen LogP) is 4.92. The van der Waals surface area contributed by atoms with Gasteiger partial charge in [-0.1, -0.05) is 42.0 Å². The zero-order valence-corrected chi connectivity index (χ0v) is 11.8. The van der Waals surface area contributed by atoms with Gasteiger partial charge in [-0.2, -0.15) is 0 Å². The molecule has 0 saturated carbocycles. The highest BCUT2D eigenvalue weighted by molar-refractivity contribution is 6.20. The van der Waals surface area contributed by atoms with Crippen LogP contribution >= 0.6 is 11.6 Å². The maximum Gasteiger partial charge on any atom is 0.123 e. The molecule has 0 aliphatic heterocycles. The molecular formula is C17H18ClF. The molecule has 0 bridgehead atoms. The highest BCUT2D eigenvalue weighted by Crippen LogP contribution is 2.16. The van der Waals surface area contributed by atoms with Gasteiger partial charge in [0, 0.05) is 5.38 Å². The summed E-state index contributed by atoms with van der Waals surface area (Å²) >= 11 is 6.33. The smallest absolute Gasteiger partial charge is 0.123 e. The Bertz CT molecular complexity index is 519. The molecule has 0 amide bonds. The predicted molar refractivity (Wildman–Crippen MR) is 79.2 cm³/mol. The third-order valence-corrected chi connectivity index (χ3v) is 3.59. The van der Waals surface area contributed by atoms with Crippen LogP contribution in [0.3, 0.4) is 0 Å². The van der Waals surface area contributed by atoms with Gasteiger partial charge in [-0.05, 0) is 49.4 Å². The van der Waals surface area contributed by atoms with Crippen LogP contribution < -0.4 is 0 Å². The molecule has 0 heterocycles. The first-order valence-electron chi connectivity index (χ1n) is 6.57. The molecule has 2 aromatic rings. The molecule has 0 spiro atoms. The lowest BCUT2D eigenvalue weighted by molar-refractivity contribution is 0.624. The maximum atomic E-state index is 13.1. The maximum absolute atomic E-state index is 13.1. The summed E-state index contributed by atoms with van der Waals surface area (Å²) in [6.45, 7) is 2.08. The van der Waals surface area contributed by atoms with Gasteiger partial charge in [-0.15, -0.1) is 11.6 Å². The van der Waals surface area contributed by atoms with Gasteiger partial charge >= 0.3 is 0 Å². The highest BCUT2D eigenvalue weighted by atomic mass is 35.5. The van der Waals surface area contributed by atoms with E-state index >= 15 is 0 Å². The minimum absolute atomic E-state index is 0.0445. The Morgan fingerprint density at radius 1 is 1.05 bits per heavy atom. The summed E-state index contributed by atoms with van der Waals surface area (Å²) in [6, 6.07) is 15.2. The summed E-state index contributed by atoms with van der Waals surface area (Å²) in [4.78, 5) is 0. The average molecular weight is 277 g/mol. The van der Waals surface area contributed by atoms with Crippen molar-refractivity contribution >= 4 is 11.6 Å². The van der Waals surface area contributed by atoms with Crippen LogP contribution in [0.1, 0.15) is 23.1 Å². The molecule has 0 fully saturated rings. The quantitative estimate of drug-likeness (QED) is 0.680. The molecule has 0 N–H and O–H groups in total. The zero-order chi connectivity index (χ0) is 13.7. The molecule has 0 aromatic heterocycles. The van der Waals surface area contributed by atoms with Gasteiger partial charge in [0.2, 0.25) is 0 Å². The third-order valence-electron chi connectivity index (χ3n) is 3.21. The molecular weight excluding hydrogens is 259 g/mol. The molecule has 0 aliphatic carbocycles. The third kappa shape index (κ3) is 4.68. The Morgan fingerprint density at radius 3 is 2.47 bits per heavy atom. The van der Waals surface area contributed by atoms with Crippen molar-refractivity contribution in [3.05, 3.63) is 71.0 Å². The van der Waals surface area contributed by atoms with Crippen molar-refractivity contribution in [3.63, 3.8) is 0 Å². The summed E-state index contributed by atoms with van der Waals surface area (Å²) < 4.78 is 13.1. The van der Waals surface area contributed by atoms with E-state index in [1.807, 2.05) is 6.07 Å². The van der Waals surface area contributed by atoms with Gasteiger partial charge < -0.3 is 0 Å². The van der Waals surface area contributed by atoms with E-state index < -0.39 is 0 Å². The van der Waals surface area contributed by atoms with Crippen molar-refractivity contribution in [1.29, 1.82) is 0 Å². The van der Waals surface area contributed by atoms with Crippen LogP contribution in [0.4, 0.5) is 4.39 Å². The van der Waals surface area contributed by atoms with Gasteiger partial charge in [0.25, 0.3) is 0 Å². The second kappa shape index (κ2) is 6.72. The van der Waals surface area contributed by atoms with Crippen molar-refractivity contribution in [1.82, 2.24) is 0 Å². The fourth-order valence-electron chi connectivity index (χ4n) is 2.10. The summed E-state index contributed by atoms with van der Waals surface area (Å²) in [5.41, 5.74) is 3.53. The molecule has 2 rings (SSSR count). The van der Waals surface area contributed by atoms with E-state index in [0.717, 1.165) is 18.4 Å². The summed E-state index contributed by atoms with van der Waals surface area (Å²) in [5, 5.41) is 0.0445. The molecule has 1 unspecified atom stereocenters. The van der Waals surface area contributed by atoms with E-state index in [1.165, 1.54) is 17.2 Å². The minimum Gasteiger partial charge on any atom is -0.207 e. The lowest BCUT2D eigenvalue weighted by Crippen LogP contribution is -2.05. The van der Waals surface area contributed by atoms with Crippen LogP contribution in [-0.2, 0) is 12.8 Å². The van der Waals surface area contributed by atoms with Crippen molar-refractivity contribution in [2.75, 3.05) is 0 Å². The first kappa shape index (κ1) is 14.1. The fraction of sp³-hybridized carbons (Fsp3) is 0.294. The van der Waals surface area contributed by atoms with Crippen molar-refractivity contribution in [2.24, 2.45) is 0 Å². The molecule has 100 valence electrons. The lowest BCUT2D eigenvalue weighted by atomic mass is 10.0. The van der Waals surface area contributed by atoms with Gasteiger partial charge in [-0.3, -0.25) is 0 Å². The topological polar surface area (TPSA) is 0 Å². The standard InChI is InChI=1S/C17H18ClF/c1-13-5-7-14(8-6-13)9-10-16(18)11-15-3-2-4-17(19)12-15/h2-8,12,16H,9-11H2,1H3. The van der Waals surface area contributed by atoms with Crippen LogP contribution in [0.25, 0.3) is 0 Å². The fourth-order valence-corrected chi connectivity index (χ4v) is 2.39. The Kier molecular flexibility index (Phi) is 4.98. The van der Waals surface area contributed by atoms with Gasteiger partial charge in [0.15, 0.2) is 0 Å². The number of rotatable bonds is 5. The molecule has 19 heavy (non-hydrogen) atoms. The molecule has 0 nitrogen and oxygen atoms in total. The Hall–Kier alpha value is -1.34. The van der Waals surface area contributed by atoms with Crippen LogP contribution in [0.15, 0.2) is 48.5 Å². The molecule has 2 heteroatoms. The zero-order valence-electron chi connectivity index (χ0n) is 11.1. The second-order valence-electron chi connectivity index (χ2n) is 4.96. The first-order chi connectivity index (χ1) is 9.13. The van der Waals surface area contributed by atoms with E-state index in [-0.39, 0.29) is 11.2 Å². The summed E-state index contributed by atoms with van der Waals surface area (Å²) in [5.74, 6) is -0.195. The van der Waals surface area contributed by atoms with Gasteiger partial charge in [-0.25, -0.2) is 4.39 Å². The Balaban J connectivity index is 1.84. The molecule has 1 atom stereocenters. The van der Waals surface area contributed by atoms with Crippen molar-refractivity contribution < 1.29 is 4.39 Å². The molecule has 0 saturated heterocycles. The minimum atomic E-state index is -0.195. The monoisotopic (exact) mass is 276 g/mol. The van der Waals surface area contributed by atoms with Crippen LogP contribution in [0.2, 0.25) is 0 Å². The normalized spacial score (nSPS) is 12.4. The van der Waals surface area contributed by atoms with Crippen molar-refractivity contribution in [2.45, 2.75) is 31.6 Å². The van der Waals surface area contributed by atoms with E-state index in [9.17, 15) is 4.39 Å². The number of aryl methyl sites for hydroxylation is 2. The lowest BCUT2D eigenvalue weighted by Gasteiger charge is -2.10. The number of benzene rings is 2. The molecule has 0 radical (unpaired) electrons. The van der Waals surface area contributed by atoms with Crippen LogP contribution in [-0.4, -0.2) is 5.38 Å². The SMILES string of the molecule is Cc1ccc(CCC(Cl)Cc2cccc(F)c2)cc1. The van der Waals surface area contributed by atoms with E-state index in [1.54, 1.807) is 12.1 Å². The Labute approximate surface area is 119 Å². The largest absolute Gasteiger partial charge is 0.207 e. The van der Waals surface area contributed by atoms with Crippen LogP contribution in [0.5, 0.6) is 0 Å². The number of halogens is 2. The number of hydrogen-bond donors (Lipinski definition) is 0. The van der Waals surface area contributed by atoms with E-state index in [4.69, 9.17) is 11.6 Å². The number of hydrogen-bond acceptors (Lipinski definition) is 0. The average Bonchev–Trinajstić information content (AvgIpc) is 2.38. The molecule has 2 aromatic carbocycles. The molecule has 0 aliphatic rings. The van der Waals surface area contributed by atoms with E-state index in [2.05, 4.69) is 31.2 Å². The van der Waals surface area contributed by atoms with Gasteiger partial charge in [0.1, 0.15) is 5.82 Å². The second-order valence-corrected chi connectivity index (χ2v) is 5.57. The number of alkyl halides is 1. The van der Waals surface area contributed by atoms with Crippen LogP contribution in [0, 0.1) is 12.7 Å². The van der Waals surface area contributed by atoms with Crippen molar-refractivity contribution in [3.8, 4) is 0 Å². The summed E-state index contributed by atoms with van der Waals surface area (Å²) in [7, 11) is 0. The van der Waals surface area contributed by atoms with E-state index in [0.29, 0.717) is 6.42 Å². The summed E-state index contributed by atoms with van der Waals surface area (Å²) in [6.07, 6.45) is 2.58. The first-order valence-corrected chi connectivity index (χ1v) is 7.01. The highest BCUT2D eigenvalue weighted by Gasteiger charge is 2.07.